The van der Waals surface area contributed by atoms with E-state index in [4.69, 9.17) is 5.11 Å². The van der Waals surface area contributed by atoms with Crippen molar-refractivity contribution in [3.05, 3.63) is 129 Å². The summed E-state index contributed by atoms with van der Waals surface area (Å²) in [6, 6.07) is 17.9. The van der Waals surface area contributed by atoms with Gasteiger partial charge in [0.05, 0.1) is 18.0 Å². The zero-order chi connectivity index (χ0) is 49.0. The van der Waals surface area contributed by atoms with Crippen LogP contribution >= 0.6 is 47.3 Å². The summed E-state index contributed by atoms with van der Waals surface area (Å²) in [4.78, 5) is 54.1. The molecule has 19 heteroatoms. The summed E-state index contributed by atoms with van der Waals surface area (Å²) in [5, 5.41) is 20.5. The molecule has 4 aliphatic rings. The molecule has 4 amide bonds. The molecule has 11 nitrogen and oxygen atoms in total. The van der Waals surface area contributed by atoms with Crippen molar-refractivity contribution in [3.63, 3.8) is 0 Å². The SMILES string of the molecule is BrB(Br)Br.CCCNc1cc(CNC(=O)N2CCC3(CC2)CC(=O)c2cc(F)ccc2C3)ccc1F.O=C1CC2(CCN(C(=O)NCc3ccc(F)c(NCCO)c3)CC2)Cc2ccc(F)cc21. The van der Waals surface area contributed by atoms with Gasteiger partial charge in [0.15, 0.2) is 11.6 Å². The van der Waals surface area contributed by atoms with Gasteiger partial charge in [-0.3, -0.25) is 9.59 Å². The van der Waals surface area contributed by atoms with Crippen LogP contribution in [0.4, 0.5) is 38.5 Å². The van der Waals surface area contributed by atoms with Gasteiger partial charge in [0.1, 0.15) is 23.3 Å². The number of hydrogen-bond donors (Lipinski definition) is 5. The number of anilines is 2. The third-order valence-electron chi connectivity index (χ3n) is 13.1. The number of carbonyl (C=O) groups excluding carboxylic acids is 4. The van der Waals surface area contributed by atoms with Gasteiger partial charge in [0.25, 0.3) is 0 Å². The van der Waals surface area contributed by atoms with Crippen molar-refractivity contribution in [2.75, 3.05) is 56.5 Å². The maximum Gasteiger partial charge on any atom is 0.369 e. The molecule has 2 spiro atoms. The number of Topliss-reactive ketones (excluding diaryl/α,β-unsaturated/α-hetero) is 2. The highest BCUT2D eigenvalue weighted by Crippen LogP contribution is 2.45. The fourth-order valence-electron chi connectivity index (χ4n) is 9.47. The van der Waals surface area contributed by atoms with E-state index in [1.54, 1.807) is 46.2 Å². The van der Waals surface area contributed by atoms with Crippen LogP contribution in [0, 0.1) is 34.1 Å². The summed E-state index contributed by atoms with van der Waals surface area (Å²) in [5.74, 6) is -1.52. The highest BCUT2D eigenvalue weighted by molar-refractivity contribution is 9.69. The topological polar surface area (TPSA) is 143 Å². The van der Waals surface area contributed by atoms with Gasteiger partial charge in [-0.15, -0.1) is 47.3 Å². The minimum Gasteiger partial charge on any atom is -0.395 e. The number of fused-ring (bicyclic) bond motifs is 2. The van der Waals surface area contributed by atoms with Crippen molar-refractivity contribution in [2.45, 2.75) is 77.8 Å². The van der Waals surface area contributed by atoms with Crippen molar-refractivity contribution in [1.29, 1.82) is 0 Å². The predicted molar refractivity (Wildman–Crippen MR) is 269 cm³/mol. The molecule has 0 atom stereocenters. The lowest BCUT2D eigenvalue weighted by Crippen LogP contribution is -2.49. The maximum absolute atomic E-state index is 13.9. The normalized spacial score (nSPS) is 16.6. The summed E-state index contributed by atoms with van der Waals surface area (Å²) in [6.45, 7) is 5.64. The molecule has 2 aliphatic carbocycles. The van der Waals surface area contributed by atoms with Crippen LogP contribution in [0.3, 0.4) is 0 Å². The quantitative estimate of drug-likeness (QED) is 0.0786. The number of benzene rings is 4. The number of likely N-dealkylation sites (tertiary alicyclic amines) is 2. The Labute approximate surface area is 419 Å². The number of aliphatic hydroxyl groups excluding tert-OH is 1. The van der Waals surface area contributed by atoms with Gasteiger partial charge in [-0.1, -0.05) is 31.2 Å². The smallest absolute Gasteiger partial charge is 0.369 e. The summed E-state index contributed by atoms with van der Waals surface area (Å²) >= 11 is 9.31. The monoisotopic (exact) mass is 1130 g/mol. The molecule has 2 aliphatic heterocycles. The predicted octanol–water partition coefficient (Wildman–Crippen LogP) is 10.6. The number of nitrogens with one attached hydrogen (secondary N) is 4. The van der Waals surface area contributed by atoms with Crippen LogP contribution in [0.25, 0.3) is 0 Å². The second-order valence-corrected chi connectivity index (χ2v) is 24.3. The van der Waals surface area contributed by atoms with Crippen LogP contribution in [0.2, 0.25) is 0 Å². The summed E-state index contributed by atoms with van der Waals surface area (Å²) in [5.41, 5.74) is 4.76. The molecule has 2 heterocycles. The van der Waals surface area contributed by atoms with Crippen LogP contribution in [0.1, 0.15) is 94.8 Å². The van der Waals surface area contributed by atoms with E-state index in [0.717, 1.165) is 67.2 Å². The van der Waals surface area contributed by atoms with E-state index in [1.807, 2.05) is 6.92 Å². The molecular weight excluding hydrogens is 1080 g/mol. The Kier molecular flexibility index (Phi) is 19.0. The van der Waals surface area contributed by atoms with Crippen LogP contribution in [-0.4, -0.2) is 87.6 Å². The molecule has 0 unspecified atom stereocenters. The van der Waals surface area contributed by atoms with E-state index >= 15 is 0 Å². The van der Waals surface area contributed by atoms with Crippen LogP contribution < -0.4 is 21.3 Å². The lowest BCUT2D eigenvalue weighted by molar-refractivity contribution is 0.0724. The molecule has 0 aromatic heterocycles. The van der Waals surface area contributed by atoms with Crippen molar-refractivity contribution < 1.29 is 41.8 Å². The number of hydrogen-bond acceptors (Lipinski definition) is 7. The standard InChI is InChI=1S/C25H29F2N3O2.C24H27F2N3O3.BBr3/c1-2-9-28-22-12-17(3-6-21(22)27)16-29-24(32)30-10-7-25(8-11-30)14-18-4-5-19(26)13-20(18)23(31)15-25;25-18-3-2-17-13-24(14-22(31)19(17)12-18)5-8-29(9-6-24)23(32)28-15-16-1-4-20(26)21(11-16)27-7-10-30;2-1(3)4/h3-6,12-13,28H,2,7-11,14-16H2,1H3,(H,29,32);1-4,11-12,27,30H,5-10,13-15H2,(H,28,32);. The average molecular weight is 1140 g/mol. The minimum absolute atomic E-state index is 0.00699. The number of nitrogens with zero attached hydrogens (tertiary/aromatic N) is 2. The highest BCUT2D eigenvalue weighted by Gasteiger charge is 2.43. The highest BCUT2D eigenvalue weighted by atomic mass is 79.9. The number of urea groups is 2. The second-order valence-electron chi connectivity index (χ2n) is 17.9. The zero-order valence-electron chi connectivity index (χ0n) is 37.9. The number of aliphatic hydroxyl groups is 1. The van der Waals surface area contributed by atoms with E-state index in [0.29, 0.717) is 68.9 Å². The molecule has 0 bridgehead atoms. The molecule has 0 radical (unpaired) electrons. The largest absolute Gasteiger partial charge is 0.395 e. The Morgan fingerprint density at radius 2 is 1.01 bits per heavy atom. The Morgan fingerprint density at radius 1 is 0.618 bits per heavy atom. The average Bonchev–Trinajstić information content (AvgIpc) is 3.31. The number of piperidine rings is 2. The first-order valence-electron chi connectivity index (χ1n) is 22.8. The molecule has 4 aromatic carbocycles. The summed E-state index contributed by atoms with van der Waals surface area (Å²) in [7, 11) is 0. The molecule has 8 rings (SSSR count). The number of halogens is 7. The van der Waals surface area contributed by atoms with Gasteiger partial charge in [-0.2, -0.15) is 0 Å². The number of amides is 4. The number of ketones is 2. The molecule has 5 N–H and O–H groups in total. The van der Waals surface area contributed by atoms with Gasteiger partial charge in [0.2, 0.25) is 0 Å². The third kappa shape index (κ3) is 14.3. The van der Waals surface area contributed by atoms with E-state index < -0.39 is 11.6 Å². The summed E-state index contributed by atoms with van der Waals surface area (Å²) in [6.07, 6.45) is 6.07. The van der Waals surface area contributed by atoms with Crippen LogP contribution in [-0.2, 0) is 25.9 Å². The van der Waals surface area contributed by atoms with Gasteiger partial charge in [0, 0.05) is 76.3 Å². The lowest BCUT2D eigenvalue weighted by Gasteiger charge is -2.44. The lowest BCUT2D eigenvalue weighted by atomic mass is 9.66. The van der Waals surface area contributed by atoms with Crippen molar-refractivity contribution >= 4 is 85.5 Å². The van der Waals surface area contributed by atoms with Gasteiger partial charge < -0.3 is 36.2 Å². The maximum atomic E-state index is 13.9. The van der Waals surface area contributed by atoms with Gasteiger partial charge >= 0.3 is 15.2 Å². The van der Waals surface area contributed by atoms with Gasteiger partial charge in [-0.05, 0) is 127 Å². The molecule has 364 valence electrons. The third-order valence-corrected chi connectivity index (χ3v) is 13.1. The van der Waals surface area contributed by atoms with E-state index in [2.05, 4.69) is 68.5 Å². The van der Waals surface area contributed by atoms with E-state index in [-0.39, 0.29) is 74.7 Å². The fraction of sp³-hybridized carbons (Fsp3) is 0.429. The Balaban J connectivity index is 0.000000208. The first-order valence-corrected chi connectivity index (χ1v) is 25.5. The van der Waals surface area contributed by atoms with Crippen molar-refractivity contribution in [1.82, 2.24) is 20.4 Å². The molecule has 4 aromatic rings. The number of carbonyl (C=O) groups is 4. The van der Waals surface area contributed by atoms with Crippen LogP contribution in [0.5, 0.6) is 0 Å². The summed E-state index contributed by atoms with van der Waals surface area (Å²) < 4.78 is 55.0. The molecule has 2 saturated heterocycles. The first-order chi connectivity index (χ1) is 32.5. The fourth-order valence-corrected chi connectivity index (χ4v) is 9.47. The Hall–Kier alpha value is -4.46. The minimum atomic E-state index is -0.416. The van der Waals surface area contributed by atoms with E-state index in [1.165, 1.54) is 36.4 Å². The van der Waals surface area contributed by atoms with Crippen molar-refractivity contribution in [2.24, 2.45) is 10.8 Å². The molecule has 2 fully saturated rings. The number of rotatable bonds is 10. The van der Waals surface area contributed by atoms with Crippen molar-refractivity contribution in [3.8, 4) is 0 Å². The molecule has 68 heavy (non-hydrogen) atoms. The van der Waals surface area contributed by atoms with E-state index in [9.17, 15) is 36.7 Å². The first kappa shape index (κ1) is 52.9. The molecule has 0 saturated carbocycles. The Bertz CT molecular complexity index is 2270. The Morgan fingerprint density at radius 3 is 1.40 bits per heavy atom. The molecular formula is C49H56BBr3F4N6O5. The van der Waals surface area contributed by atoms with Gasteiger partial charge in [-0.25, -0.2) is 27.2 Å². The zero-order valence-corrected chi connectivity index (χ0v) is 42.6. The second kappa shape index (κ2) is 24.4. The van der Waals surface area contributed by atoms with Crippen LogP contribution in [0.15, 0.2) is 72.8 Å².